The molecule has 0 aliphatic carbocycles. The summed E-state index contributed by atoms with van der Waals surface area (Å²) in [7, 11) is -1.45. The molecule has 1 unspecified atom stereocenters. The molecule has 1 aliphatic rings. The van der Waals surface area contributed by atoms with Crippen molar-refractivity contribution < 1.29 is 13.9 Å². The lowest BCUT2D eigenvalue weighted by Gasteiger charge is -2.20. The van der Waals surface area contributed by atoms with Crippen molar-refractivity contribution in [3.8, 4) is 0 Å². The molecular weight excluding hydrogens is 279 g/mol. The van der Waals surface area contributed by atoms with Crippen LogP contribution in [-0.2, 0) is 9.05 Å². The number of rotatable bonds is 2. The van der Waals surface area contributed by atoms with Gasteiger partial charge in [-0.25, -0.2) is 9.05 Å². The fraction of sp³-hybridized carbons (Fsp3) is 0.400. The van der Waals surface area contributed by atoms with Crippen LogP contribution >= 0.6 is 23.9 Å². The number of hydrogen-bond acceptors (Lipinski definition) is 3. The van der Waals surface area contributed by atoms with Gasteiger partial charge in [0.25, 0.3) is 0 Å². The highest BCUT2D eigenvalue weighted by atomic mass is 79.9. The highest BCUT2D eigenvalue weighted by Gasteiger charge is 2.47. The fourth-order valence-corrected chi connectivity index (χ4v) is 4.82. The van der Waals surface area contributed by atoms with Crippen LogP contribution in [0.2, 0.25) is 0 Å². The predicted molar refractivity (Wildman–Crippen MR) is 61.8 cm³/mol. The van der Waals surface area contributed by atoms with E-state index in [1.54, 1.807) is 0 Å². The molecule has 5 heteroatoms. The summed E-state index contributed by atoms with van der Waals surface area (Å²) in [6.07, 6.45) is 0.236. The van der Waals surface area contributed by atoms with E-state index in [9.17, 15) is 4.89 Å². The molecule has 0 radical (unpaired) electrons. The molecule has 0 amide bonds. The molecule has 0 saturated carbocycles. The minimum absolute atomic E-state index is 0.0469. The Labute approximate surface area is 98.1 Å². The monoisotopic (exact) mass is 290 g/mol. The zero-order valence-electron chi connectivity index (χ0n) is 8.30. The summed E-state index contributed by atoms with van der Waals surface area (Å²) in [5, 5.41) is 0. The first-order chi connectivity index (χ1) is 7.14. The van der Waals surface area contributed by atoms with E-state index < -0.39 is 7.94 Å². The molecule has 2 rings (SSSR count). The van der Waals surface area contributed by atoms with Crippen molar-refractivity contribution >= 4 is 23.9 Å². The van der Waals surface area contributed by atoms with E-state index in [0.29, 0.717) is 6.16 Å². The molecule has 0 N–H and O–H groups in total. The van der Waals surface area contributed by atoms with Crippen molar-refractivity contribution in [1.82, 2.24) is 0 Å². The van der Waals surface area contributed by atoms with Crippen molar-refractivity contribution in [3.05, 3.63) is 35.9 Å². The molecule has 1 aliphatic heterocycles. The van der Waals surface area contributed by atoms with Crippen LogP contribution in [0.4, 0.5) is 0 Å². The van der Waals surface area contributed by atoms with Gasteiger partial charge in [-0.3, -0.25) is 0 Å². The third-order valence-electron chi connectivity index (χ3n) is 2.41. The lowest BCUT2D eigenvalue weighted by atomic mass is 10.1. The van der Waals surface area contributed by atoms with Gasteiger partial charge in [-0.1, -0.05) is 46.3 Å². The van der Waals surface area contributed by atoms with E-state index in [0.717, 1.165) is 5.56 Å². The van der Waals surface area contributed by atoms with Crippen LogP contribution in [0, 0.1) is 0 Å². The van der Waals surface area contributed by atoms with Crippen molar-refractivity contribution in [1.29, 1.82) is 0 Å². The van der Waals surface area contributed by atoms with Crippen molar-refractivity contribution in [2.45, 2.75) is 10.9 Å². The Morgan fingerprint density at radius 1 is 1.47 bits per heavy atom. The Hall–Kier alpha value is 0.0100. The Balaban J connectivity index is 2.19. The Kier molecular flexibility index (Phi) is 3.43. The van der Waals surface area contributed by atoms with E-state index >= 15 is 0 Å². The van der Waals surface area contributed by atoms with Crippen molar-refractivity contribution in [2.24, 2.45) is 0 Å². The molecule has 0 aromatic heterocycles. The second-order valence-electron chi connectivity index (χ2n) is 3.43. The number of benzene rings is 1. The van der Waals surface area contributed by atoms with Gasteiger partial charge >= 0.3 is 0 Å². The van der Waals surface area contributed by atoms with Gasteiger partial charge in [0.2, 0.25) is 7.94 Å². The van der Waals surface area contributed by atoms with Gasteiger partial charge in [-0.2, -0.15) is 0 Å². The van der Waals surface area contributed by atoms with Gasteiger partial charge in [0.05, 0.1) is 11.9 Å². The van der Waals surface area contributed by atoms with Crippen LogP contribution < -0.4 is 4.89 Å². The van der Waals surface area contributed by atoms with Crippen LogP contribution in [0.5, 0.6) is 0 Å². The summed E-state index contributed by atoms with van der Waals surface area (Å²) in [6.45, 7) is 0. The first-order valence-electron chi connectivity index (χ1n) is 4.67. The average Bonchev–Trinajstić information content (AvgIpc) is 2.57. The minimum Gasteiger partial charge on any atom is -0.631 e. The van der Waals surface area contributed by atoms with Gasteiger partial charge in [0, 0.05) is 0 Å². The number of halogens is 1. The lowest BCUT2D eigenvalue weighted by molar-refractivity contribution is -0.215. The van der Waals surface area contributed by atoms with Gasteiger partial charge in [-0.15, -0.1) is 0 Å². The predicted octanol–water partition coefficient (Wildman–Crippen LogP) is 2.29. The smallest absolute Gasteiger partial charge is 0.239 e. The van der Waals surface area contributed by atoms with Gasteiger partial charge in [0.1, 0.15) is 12.3 Å². The van der Waals surface area contributed by atoms with E-state index in [-0.39, 0.29) is 10.9 Å². The molecule has 3 atom stereocenters. The van der Waals surface area contributed by atoms with Crippen LogP contribution in [0.3, 0.4) is 0 Å². The molecule has 0 spiro atoms. The number of alkyl halides is 1. The SMILES string of the molecule is CO[P+]1([O-])C[C@@H](Br)[C@H](c2ccccc2)O1. The van der Waals surface area contributed by atoms with E-state index in [2.05, 4.69) is 15.9 Å². The largest absolute Gasteiger partial charge is 0.631 e. The average molecular weight is 291 g/mol. The third kappa shape index (κ3) is 2.40. The quantitative estimate of drug-likeness (QED) is 0.620. The fourth-order valence-electron chi connectivity index (χ4n) is 1.62. The minimum atomic E-state index is -2.88. The van der Waals surface area contributed by atoms with Gasteiger partial charge in [-0.05, 0) is 5.56 Å². The molecule has 1 heterocycles. The van der Waals surface area contributed by atoms with Crippen LogP contribution in [-0.4, -0.2) is 18.1 Å². The van der Waals surface area contributed by atoms with E-state index in [4.69, 9.17) is 9.05 Å². The van der Waals surface area contributed by atoms with E-state index in [1.165, 1.54) is 7.11 Å². The molecule has 82 valence electrons. The topological polar surface area (TPSA) is 41.5 Å². The maximum atomic E-state index is 11.9. The van der Waals surface area contributed by atoms with Crippen LogP contribution in [0.25, 0.3) is 0 Å². The Morgan fingerprint density at radius 3 is 2.67 bits per heavy atom. The first-order valence-corrected chi connectivity index (χ1v) is 7.31. The molecule has 3 nitrogen and oxygen atoms in total. The van der Waals surface area contributed by atoms with Crippen LogP contribution in [0.1, 0.15) is 11.7 Å². The van der Waals surface area contributed by atoms with Crippen molar-refractivity contribution in [2.75, 3.05) is 13.3 Å². The summed E-state index contributed by atoms with van der Waals surface area (Å²) >= 11 is 3.48. The highest BCUT2D eigenvalue weighted by Crippen LogP contribution is 2.63. The zero-order valence-corrected chi connectivity index (χ0v) is 10.8. The summed E-state index contributed by atoms with van der Waals surface area (Å²) < 4.78 is 10.4. The van der Waals surface area contributed by atoms with E-state index in [1.807, 2.05) is 30.3 Å². The highest BCUT2D eigenvalue weighted by molar-refractivity contribution is 9.09. The summed E-state index contributed by atoms with van der Waals surface area (Å²) in [5.41, 5.74) is 1.02. The standard InChI is InChI=1S/C10H12BrO3P/c1-13-15(12)7-9(11)10(14-15)8-5-3-2-4-6-8/h2-6,9-10H,7H2,1H3/t9-,10+,15?/m1/s1. The molecule has 1 fully saturated rings. The molecule has 1 aromatic carbocycles. The first kappa shape index (κ1) is 11.5. The van der Waals surface area contributed by atoms with Crippen LogP contribution in [0.15, 0.2) is 30.3 Å². The second kappa shape index (κ2) is 4.48. The summed E-state index contributed by atoms with van der Waals surface area (Å²) in [6, 6.07) is 9.75. The normalized spacial score (nSPS) is 35.7. The lowest BCUT2D eigenvalue weighted by Crippen LogP contribution is -2.12. The Morgan fingerprint density at radius 2 is 2.13 bits per heavy atom. The van der Waals surface area contributed by atoms with Gasteiger partial charge < -0.3 is 4.89 Å². The summed E-state index contributed by atoms with van der Waals surface area (Å²) in [5.74, 6) is 0. The molecule has 1 saturated heterocycles. The molecular formula is C10H12BrO3P. The molecule has 15 heavy (non-hydrogen) atoms. The zero-order chi connectivity index (χ0) is 10.9. The molecule has 0 bridgehead atoms. The summed E-state index contributed by atoms with van der Waals surface area (Å²) in [4.78, 5) is 11.9. The third-order valence-corrected chi connectivity index (χ3v) is 5.66. The maximum Gasteiger partial charge on any atom is 0.239 e. The molecule has 1 aromatic rings. The Bertz CT molecular complexity index is 335. The van der Waals surface area contributed by atoms with Crippen molar-refractivity contribution in [3.63, 3.8) is 0 Å². The second-order valence-corrected chi connectivity index (χ2v) is 6.77. The maximum absolute atomic E-state index is 11.9. The van der Waals surface area contributed by atoms with Gasteiger partial charge in [0.15, 0.2) is 0 Å². The number of hydrogen-bond donors (Lipinski definition) is 0.